The third-order valence-corrected chi connectivity index (χ3v) is 4.86. The molecule has 1 heterocycles. The Balaban J connectivity index is 0.00000261. The number of hydrogen-bond acceptors (Lipinski definition) is 4. The van der Waals surface area contributed by atoms with Crippen LogP contribution in [-0.2, 0) is 4.74 Å². The Morgan fingerprint density at radius 1 is 1.00 bits per heavy atom. The minimum atomic E-state index is -0.555. The van der Waals surface area contributed by atoms with Crippen LogP contribution >= 0.6 is 12.4 Å². The number of ether oxygens (including phenoxy) is 2. The van der Waals surface area contributed by atoms with Crippen LogP contribution in [0.15, 0.2) is 54.6 Å². The normalized spacial score (nSPS) is 17.0. The highest BCUT2D eigenvalue weighted by atomic mass is 35.5. The molecule has 0 bridgehead atoms. The first-order chi connectivity index (χ1) is 12.8. The molecule has 1 saturated heterocycles. The third-order valence-electron chi connectivity index (χ3n) is 4.86. The van der Waals surface area contributed by atoms with Gasteiger partial charge in [0.15, 0.2) is 0 Å². The lowest BCUT2D eigenvalue weighted by Crippen LogP contribution is -2.39. The van der Waals surface area contributed by atoms with Crippen LogP contribution < -0.4 is 4.74 Å². The summed E-state index contributed by atoms with van der Waals surface area (Å²) in [5.41, 5.74) is 2.09. The van der Waals surface area contributed by atoms with E-state index >= 15 is 0 Å². The van der Waals surface area contributed by atoms with Crippen LogP contribution in [-0.4, -0.2) is 49.5 Å². The Bertz CT molecular complexity index is 644. The zero-order valence-corrected chi connectivity index (χ0v) is 16.7. The minimum Gasteiger partial charge on any atom is -0.494 e. The van der Waals surface area contributed by atoms with Gasteiger partial charge in [-0.1, -0.05) is 49.4 Å². The van der Waals surface area contributed by atoms with Crippen molar-refractivity contribution in [2.75, 3.05) is 39.5 Å². The van der Waals surface area contributed by atoms with E-state index in [0.717, 1.165) is 56.1 Å². The van der Waals surface area contributed by atoms with Crippen molar-refractivity contribution < 1.29 is 14.6 Å². The van der Waals surface area contributed by atoms with Gasteiger partial charge in [0.1, 0.15) is 5.75 Å². The standard InChI is InChI=1S/C22H29NO3.ClH/c1-2-14-26-20-10-8-19(9-11-20)22(24)21(18-6-4-3-5-7-18)17-23-12-15-25-16-13-23;/h3-11,21-22,24H,2,12-17H2,1H3;1H. The number of aliphatic hydroxyl groups excluding tert-OH is 1. The summed E-state index contributed by atoms with van der Waals surface area (Å²) in [5.74, 6) is 0.879. The zero-order valence-electron chi connectivity index (χ0n) is 15.9. The molecule has 3 rings (SSSR count). The summed E-state index contributed by atoms with van der Waals surface area (Å²) in [6.45, 7) is 6.99. The van der Waals surface area contributed by atoms with Gasteiger partial charge in [-0.15, -0.1) is 12.4 Å². The number of aliphatic hydroxyl groups is 1. The molecule has 0 radical (unpaired) electrons. The number of morpholine rings is 1. The van der Waals surface area contributed by atoms with E-state index in [-0.39, 0.29) is 18.3 Å². The first kappa shape index (κ1) is 21.7. The molecular weight excluding hydrogens is 362 g/mol. The molecule has 1 fully saturated rings. The van der Waals surface area contributed by atoms with E-state index in [4.69, 9.17) is 9.47 Å². The minimum absolute atomic E-state index is 0. The average molecular weight is 392 g/mol. The number of nitrogens with zero attached hydrogens (tertiary/aromatic N) is 1. The van der Waals surface area contributed by atoms with Gasteiger partial charge < -0.3 is 14.6 Å². The summed E-state index contributed by atoms with van der Waals surface area (Å²) in [7, 11) is 0. The molecule has 148 valence electrons. The summed E-state index contributed by atoms with van der Waals surface area (Å²) in [4.78, 5) is 2.38. The van der Waals surface area contributed by atoms with Crippen molar-refractivity contribution in [3.63, 3.8) is 0 Å². The highest BCUT2D eigenvalue weighted by Gasteiger charge is 2.26. The van der Waals surface area contributed by atoms with Crippen molar-refractivity contribution in [2.45, 2.75) is 25.4 Å². The van der Waals surface area contributed by atoms with Gasteiger partial charge >= 0.3 is 0 Å². The average Bonchev–Trinajstić information content (AvgIpc) is 2.72. The van der Waals surface area contributed by atoms with Gasteiger partial charge in [0.05, 0.1) is 25.9 Å². The number of benzene rings is 2. The van der Waals surface area contributed by atoms with Gasteiger partial charge in [-0.3, -0.25) is 4.90 Å². The second kappa shape index (κ2) is 11.3. The molecular formula is C22H30ClNO3. The molecule has 0 spiro atoms. The van der Waals surface area contributed by atoms with Crippen LogP contribution in [0.4, 0.5) is 0 Å². The highest BCUT2D eigenvalue weighted by Crippen LogP contribution is 2.32. The molecule has 27 heavy (non-hydrogen) atoms. The first-order valence-electron chi connectivity index (χ1n) is 9.54. The molecule has 2 aromatic rings. The van der Waals surface area contributed by atoms with E-state index in [1.54, 1.807) is 0 Å². The van der Waals surface area contributed by atoms with Crippen LogP contribution in [0.1, 0.15) is 36.5 Å². The molecule has 2 unspecified atom stereocenters. The fraction of sp³-hybridized carbons (Fsp3) is 0.455. The zero-order chi connectivity index (χ0) is 18.2. The van der Waals surface area contributed by atoms with Crippen molar-refractivity contribution in [3.8, 4) is 5.75 Å². The molecule has 0 aromatic heterocycles. The molecule has 1 N–H and O–H groups in total. The molecule has 5 heteroatoms. The summed E-state index contributed by atoms with van der Waals surface area (Å²) in [6.07, 6.45) is 0.431. The van der Waals surface area contributed by atoms with Crippen LogP contribution in [0.3, 0.4) is 0 Å². The second-order valence-corrected chi connectivity index (χ2v) is 6.79. The van der Waals surface area contributed by atoms with E-state index in [2.05, 4.69) is 24.0 Å². The first-order valence-corrected chi connectivity index (χ1v) is 9.54. The van der Waals surface area contributed by atoms with Crippen LogP contribution in [0.25, 0.3) is 0 Å². The van der Waals surface area contributed by atoms with Gasteiger partial charge in [0.25, 0.3) is 0 Å². The van der Waals surface area contributed by atoms with E-state index < -0.39 is 6.10 Å². The summed E-state index contributed by atoms with van der Waals surface area (Å²) in [5, 5.41) is 11.1. The molecule has 2 atom stereocenters. The molecule has 1 aliphatic heterocycles. The monoisotopic (exact) mass is 391 g/mol. The van der Waals surface area contributed by atoms with Crippen LogP contribution in [0, 0.1) is 0 Å². The molecule has 0 saturated carbocycles. The topological polar surface area (TPSA) is 41.9 Å². The van der Waals surface area contributed by atoms with Gasteiger partial charge in [-0.25, -0.2) is 0 Å². The van der Waals surface area contributed by atoms with E-state index in [9.17, 15) is 5.11 Å². The van der Waals surface area contributed by atoms with Gasteiger partial charge in [0, 0.05) is 25.6 Å². The van der Waals surface area contributed by atoms with Crippen LogP contribution in [0.5, 0.6) is 5.75 Å². The maximum atomic E-state index is 11.1. The fourth-order valence-corrected chi connectivity index (χ4v) is 3.36. The number of halogens is 1. The van der Waals surface area contributed by atoms with Gasteiger partial charge in [0.2, 0.25) is 0 Å². The molecule has 2 aromatic carbocycles. The van der Waals surface area contributed by atoms with Crippen molar-refractivity contribution in [1.82, 2.24) is 4.90 Å². The van der Waals surface area contributed by atoms with Crippen molar-refractivity contribution in [3.05, 3.63) is 65.7 Å². The Morgan fingerprint density at radius 3 is 2.30 bits per heavy atom. The summed E-state index contributed by atoms with van der Waals surface area (Å²) < 4.78 is 11.1. The van der Waals surface area contributed by atoms with Crippen molar-refractivity contribution in [1.29, 1.82) is 0 Å². The molecule has 4 nitrogen and oxygen atoms in total. The fourth-order valence-electron chi connectivity index (χ4n) is 3.36. The Hall–Kier alpha value is -1.59. The molecule has 0 aliphatic carbocycles. The quantitative estimate of drug-likeness (QED) is 0.737. The maximum absolute atomic E-state index is 11.1. The lowest BCUT2D eigenvalue weighted by molar-refractivity contribution is 0.0240. The Labute approximate surface area is 168 Å². The van der Waals surface area contributed by atoms with Crippen molar-refractivity contribution >= 4 is 12.4 Å². The van der Waals surface area contributed by atoms with Crippen molar-refractivity contribution in [2.24, 2.45) is 0 Å². The molecule has 1 aliphatic rings. The number of hydrogen-bond donors (Lipinski definition) is 1. The lowest BCUT2D eigenvalue weighted by Gasteiger charge is -2.33. The number of rotatable bonds is 8. The lowest BCUT2D eigenvalue weighted by atomic mass is 9.88. The summed E-state index contributed by atoms with van der Waals surface area (Å²) >= 11 is 0. The smallest absolute Gasteiger partial charge is 0.119 e. The van der Waals surface area contributed by atoms with Gasteiger partial charge in [-0.05, 0) is 29.7 Å². The van der Waals surface area contributed by atoms with Crippen LogP contribution in [0.2, 0.25) is 0 Å². The maximum Gasteiger partial charge on any atom is 0.119 e. The second-order valence-electron chi connectivity index (χ2n) is 6.79. The predicted molar refractivity (Wildman–Crippen MR) is 111 cm³/mol. The highest BCUT2D eigenvalue weighted by molar-refractivity contribution is 5.85. The van der Waals surface area contributed by atoms with E-state index in [0.29, 0.717) is 6.61 Å². The summed E-state index contributed by atoms with van der Waals surface area (Å²) in [6, 6.07) is 18.2. The predicted octanol–water partition coefficient (Wildman–Crippen LogP) is 4.05. The van der Waals surface area contributed by atoms with Gasteiger partial charge in [-0.2, -0.15) is 0 Å². The third kappa shape index (κ3) is 6.22. The van der Waals surface area contributed by atoms with E-state index in [1.165, 1.54) is 0 Å². The largest absolute Gasteiger partial charge is 0.494 e. The molecule has 0 amide bonds. The Morgan fingerprint density at radius 2 is 1.67 bits per heavy atom. The Kier molecular flexibility index (Phi) is 9.08. The van der Waals surface area contributed by atoms with E-state index in [1.807, 2.05) is 42.5 Å². The SMILES string of the molecule is CCCOc1ccc(C(O)C(CN2CCOCC2)c2ccccc2)cc1.Cl.